The number of benzene rings is 1. The third kappa shape index (κ3) is 3.17. The van der Waals surface area contributed by atoms with E-state index in [0.29, 0.717) is 17.0 Å². The molecule has 3 rings (SSSR count). The van der Waals surface area contributed by atoms with Gasteiger partial charge in [0.1, 0.15) is 5.76 Å². The first-order valence-corrected chi connectivity index (χ1v) is 7.13. The zero-order valence-corrected chi connectivity index (χ0v) is 13.2. The van der Waals surface area contributed by atoms with E-state index in [1.165, 1.54) is 12.1 Å². The maximum Gasteiger partial charge on any atom is 0.416 e. The van der Waals surface area contributed by atoms with E-state index in [9.17, 15) is 13.2 Å². The maximum absolute atomic E-state index is 12.6. The molecule has 0 unspecified atom stereocenters. The normalized spacial score (nSPS) is 12.6. The Bertz CT molecular complexity index is 843. The van der Waals surface area contributed by atoms with E-state index in [1.807, 2.05) is 20.8 Å². The van der Waals surface area contributed by atoms with Crippen molar-refractivity contribution in [3.63, 3.8) is 0 Å². The van der Waals surface area contributed by atoms with Gasteiger partial charge in [-0.3, -0.25) is 0 Å². The Morgan fingerprint density at radius 1 is 0.917 bits per heavy atom. The molecule has 0 fully saturated rings. The maximum atomic E-state index is 12.6. The van der Waals surface area contributed by atoms with Crippen LogP contribution in [0.15, 0.2) is 39.3 Å². The molecule has 0 atom stereocenters. The number of halogens is 3. The molecule has 0 saturated heterocycles. The lowest BCUT2D eigenvalue weighted by molar-refractivity contribution is -0.137. The van der Waals surface area contributed by atoms with Crippen molar-refractivity contribution in [2.75, 3.05) is 0 Å². The number of alkyl halides is 3. The molecule has 3 aromatic rings. The van der Waals surface area contributed by atoms with Gasteiger partial charge in [0, 0.05) is 17.0 Å². The average Bonchev–Trinajstić information content (AvgIpc) is 3.15. The average molecular weight is 337 g/mol. The minimum Gasteiger partial charge on any atom is -0.414 e. The number of hydrogen-bond donors (Lipinski definition) is 0. The largest absolute Gasteiger partial charge is 0.416 e. The summed E-state index contributed by atoms with van der Waals surface area (Å²) >= 11 is 0. The van der Waals surface area contributed by atoms with Crippen LogP contribution < -0.4 is 0 Å². The van der Waals surface area contributed by atoms with Crippen LogP contribution in [0.5, 0.6) is 0 Å². The molecule has 8 heteroatoms. The second-order valence-electron chi connectivity index (χ2n) is 6.31. The Hall–Kier alpha value is -2.64. The van der Waals surface area contributed by atoms with Gasteiger partial charge in [0.15, 0.2) is 5.69 Å². The lowest BCUT2D eigenvalue weighted by Gasteiger charge is -2.11. The fraction of sp³-hybridized carbons (Fsp3) is 0.312. The summed E-state index contributed by atoms with van der Waals surface area (Å²) in [6, 6.07) is 6.19. The molecular formula is C16H14F3N3O2. The van der Waals surface area contributed by atoms with Crippen molar-refractivity contribution in [1.82, 2.24) is 15.4 Å². The Morgan fingerprint density at radius 2 is 1.54 bits per heavy atom. The molecule has 0 bridgehead atoms. The molecule has 126 valence electrons. The van der Waals surface area contributed by atoms with Crippen molar-refractivity contribution in [2.45, 2.75) is 32.4 Å². The minimum atomic E-state index is -4.39. The van der Waals surface area contributed by atoms with Crippen LogP contribution in [-0.2, 0) is 11.6 Å². The molecule has 24 heavy (non-hydrogen) atoms. The SMILES string of the molecule is CC(C)(C)c1cc(-c2nnc(-c3ccc(C(F)(F)F)cc3)o2)no1. The van der Waals surface area contributed by atoms with Crippen molar-refractivity contribution in [2.24, 2.45) is 0 Å². The molecule has 0 saturated carbocycles. The quantitative estimate of drug-likeness (QED) is 0.678. The van der Waals surface area contributed by atoms with Gasteiger partial charge in [-0.25, -0.2) is 0 Å². The summed E-state index contributed by atoms with van der Waals surface area (Å²) in [6.45, 7) is 5.91. The number of hydrogen-bond acceptors (Lipinski definition) is 5. The standard InChI is InChI=1S/C16H14F3N3O2/c1-15(2,3)12-8-11(22-24-12)14-21-20-13(23-14)9-4-6-10(7-5-9)16(17,18)19/h4-8H,1-3H3. The highest BCUT2D eigenvalue weighted by atomic mass is 19.4. The van der Waals surface area contributed by atoms with Gasteiger partial charge < -0.3 is 8.94 Å². The summed E-state index contributed by atoms with van der Waals surface area (Å²) in [5.41, 5.74) is -0.189. The zero-order chi connectivity index (χ0) is 17.5. The van der Waals surface area contributed by atoms with Gasteiger partial charge in [-0.1, -0.05) is 25.9 Å². The first-order chi connectivity index (χ1) is 11.1. The zero-order valence-electron chi connectivity index (χ0n) is 13.2. The smallest absolute Gasteiger partial charge is 0.414 e. The van der Waals surface area contributed by atoms with E-state index in [1.54, 1.807) is 6.07 Å². The Morgan fingerprint density at radius 3 is 2.08 bits per heavy atom. The number of rotatable bonds is 2. The summed E-state index contributed by atoms with van der Waals surface area (Å²) in [5, 5.41) is 11.6. The van der Waals surface area contributed by atoms with Crippen molar-refractivity contribution in [3.05, 3.63) is 41.7 Å². The third-order valence-electron chi connectivity index (χ3n) is 3.35. The van der Waals surface area contributed by atoms with Crippen molar-refractivity contribution in [3.8, 4) is 23.0 Å². The minimum absolute atomic E-state index is 0.110. The van der Waals surface area contributed by atoms with Crippen molar-refractivity contribution >= 4 is 0 Å². The van der Waals surface area contributed by atoms with Gasteiger partial charge >= 0.3 is 6.18 Å². The first kappa shape index (κ1) is 16.2. The monoisotopic (exact) mass is 337 g/mol. The molecule has 0 radical (unpaired) electrons. The van der Waals surface area contributed by atoms with E-state index in [0.717, 1.165) is 12.1 Å². The van der Waals surface area contributed by atoms with E-state index in [-0.39, 0.29) is 17.2 Å². The highest BCUT2D eigenvalue weighted by Gasteiger charge is 2.30. The molecule has 0 aliphatic carbocycles. The molecular weight excluding hydrogens is 323 g/mol. The molecule has 0 spiro atoms. The van der Waals surface area contributed by atoms with Crippen LogP contribution in [0.3, 0.4) is 0 Å². The predicted octanol–water partition coefficient (Wildman–Crippen LogP) is 4.71. The summed E-state index contributed by atoms with van der Waals surface area (Å²) in [7, 11) is 0. The van der Waals surface area contributed by atoms with Gasteiger partial charge in [-0.15, -0.1) is 10.2 Å². The highest BCUT2D eigenvalue weighted by molar-refractivity contribution is 5.56. The topological polar surface area (TPSA) is 65.0 Å². The summed E-state index contributed by atoms with van der Waals surface area (Å²) < 4.78 is 48.5. The van der Waals surface area contributed by atoms with Crippen LogP contribution in [0.2, 0.25) is 0 Å². The Kier molecular flexibility index (Phi) is 3.70. The Labute approximate surface area is 135 Å². The van der Waals surface area contributed by atoms with Gasteiger partial charge in [-0.2, -0.15) is 13.2 Å². The molecule has 1 aromatic carbocycles. The number of nitrogens with zero attached hydrogens (tertiary/aromatic N) is 3. The van der Waals surface area contributed by atoms with Crippen LogP contribution in [-0.4, -0.2) is 15.4 Å². The summed E-state index contributed by atoms with van der Waals surface area (Å²) in [4.78, 5) is 0. The van der Waals surface area contributed by atoms with Crippen LogP contribution in [0, 0.1) is 0 Å². The molecule has 5 nitrogen and oxygen atoms in total. The second-order valence-corrected chi connectivity index (χ2v) is 6.31. The molecule has 2 heterocycles. The molecule has 2 aromatic heterocycles. The summed E-state index contributed by atoms with van der Waals surface area (Å²) in [6.07, 6.45) is -4.39. The van der Waals surface area contributed by atoms with Crippen LogP contribution in [0.25, 0.3) is 23.0 Å². The Balaban J connectivity index is 1.87. The van der Waals surface area contributed by atoms with Crippen molar-refractivity contribution < 1.29 is 22.1 Å². The lowest BCUT2D eigenvalue weighted by atomic mass is 9.93. The predicted molar refractivity (Wildman–Crippen MR) is 78.9 cm³/mol. The highest BCUT2D eigenvalue weighted by Crippen LogP contribution is 2.32. The molecule has 0 aliphatic rings. The van der Waals surface area contributed by atoms with Gasteiger partial charge in [0.05, 0.1) is 5.56 Å². The van der Waals surface area contributed by atoms with Crippen LogP contribution >= 0.6 is 0 Å². The fourth-order valence-electron chi connectivity index (χ4n) is 1.97. The van der Waals surface area contributed by atoms with Gasteiger partial charge in [0.25, 0.3) is 5.89 Å². The van der Waals surface area contributed by atoms with Gasteiger partial charge in [-0.05, 0) is 24.3 Å². The van der Waals surface area contributed by atoms with E-state index in [4.69, 9.17) is 8.94 Å². The van der Waals surface area contributed by atoms with Gasteiger partial charge in [0.2, 0.25) is 5.89 Å². The van der Waals surface area contributed by atoms with Crippen LogP contribution in [0.4, 0.5) is 13.2 Å². The second kappa shape index (κ2) is 5.47. The fourth-order valence-corrected chi connectivity index (χ4v) is 1.97. The van der Waals surface area contributed by atoms with Crippen molar-refractivity contribution in [1.29, 1.82) is 0 Å². The lowest BCUT2D eigenvalue weighted by Crippen LogP contribution is -2.09. The molecule has 0 N–H and O–H groups in total. The van der Waals surface area contributed by atoms with E-state index < -0.39 is 11.7 Å². The number of aromatic nitrogens is 3. The molecule has 0 aliphatic heterocycles. The molecule has 0 amide bonds. The third-order valence-corrected chi connectivity index (χ3v) is 3.35. The van der Waals surface area contributed by atoms with Crippen LogP contribution in [0.1, 0.15) is 32.1 Å². The van der Waals surface area contributed by atoms with E-state index >= 15 is 0 Å². The summed E-state index contributed by atoms with van der Waals surface area (Å²) in [5.74, 6) is 0.912. The van der Waals surface area contributed by atoms with E-state index in [2.05, 4.69) is 15.4 Å². The first-order valence-electron chi connectivity index (χ1n) is 7.13.